The number of imidazole rings is 1. The number of aryl methyl sites for hydroxylation is 1. The van der Waals surface area contributed by atoms with Crippen molar-refractivity contribution in [2.75, 3.05) is 7.11 Å². The van der Waals surface area contributed by atoms with Crippen LogP contribution in [0.2, 0.25) is 5.02 Å². The third-order valence-corrected chi connectivity index (χ3v) is 3.71. The van der Waals surface area contributed by atoms with Crippen LogP contribution in [0.15, 0.2) is 36.4 Å². The number of rotatable bonds is 3. The van der Waals surface area contributed by atoms with E-state index in [0.717, 1.165) is 23.4 Å². The van der Waals surface area contributed by atoms with Crippen LogP contribution in [0.25, 0.3) is 22.4 Å². The Morgan fingerprint density at radius 3 is 2.71 bits per heavy atom. The predicted octanol–water partition coefficient (Wildman–Crippen LogP) is 4.09. The summed E-state index contributed by atoms with van der Waals surface area (Å²) in [5.41, 5.74) is 2.48. The number of phenolic OH excluding ortho intramolecular Hbond substituents is 1. The van der Waals surface area contributed by atoms with Gasteiger partial charge in [0.1, 0.15) is 17.3 Å². The van der Waals surface area contributed by atoms with Crippen LogP contribution in [0.5, 0.6) is 11.5 Å². The fourth-order valence-electron chi connectivity index (χ4n) is 2.45. The molecule has 1 N–H and O–H groups in total. The smallest absolute Gasteiger partial charge is 0.144 e. The topological polar surface area (TPSA) is 47.3 Å². The molecule has 21 heavy (non-hydrogen) atoms. The third-order valence-electron chi connectivity index (χ3n) is 3.47. The van der Waals surface area contributed by atoms with E-state index in [0.29, 0.717) is 16.3 Å². The van der Waals surface area contributed by atoms with Gasteiger partial charge in [-0.05, 0) is 37.3 Å². The van der Waals surface area contributed by atoms with Crippen LogP contribution in [0.1, 0.15) is 6.92 Å². The van der Waals surface area contributed by atoms with Crippen LogP contribution in [0.4, 0.5) is 0 Å². The summed E-state index contributed by atoms with van der Waals surface area (Å²) < 4.78 is 7.14. The largest absolute Gasteiger partial charge is 0.507 e. The number of phenols is 1. The van der Waals surface area contributed by atoms with Crippen molar-refractivity contribution < 1.29 is 9.84 Å². The van der Waals surface area contributed by atoms with Gasteiger partial charge < -0.3 is 14.4 Å². The molecule has 0 fully saturated rings. The minimum Gasteiger partial charge on any atom is -0.507 e. The van der Waals surface area contributed by atoms with Crippen molar-refractivity contribution in [3.8, 4) is 22.9 Å². The first kappa shape index (κ1) is 13.8. The molecule has 3 rings (SSSR count). The Balaban J connectivity index is 2.24. The predicted molar refractivity (Wildman–Crippen MR) is 84.1 cm³/mol. The molecule has 0 aliphatic carbocycles. The van der Waals surface area contributed by atoms with E-state index in [-0.39, 0.29) is 5.75 Å². The fourth-order valence-corrected chi connectivity index (χ4v) is 2.62. The number of fused-ring (bicyclic) bond motifs is 1. The second kappa shape index (κ2) is 5.30. The number of methoxy groups -OCH3 is 1. The van der Waals surface area contributed by atoms with Crippen LogP contribution >= 0.6 is 11.6 Å². The van der Waals surface area contributed by atoms with E-state index in [1.807, 2.05) is 35.8 Å². The quantitative estimate of drug-likeness (QED) is 0.792. The van der Waals surface area contributed by atoms with Gasteiger partial charge in [-0.25, -0.2) is 4.98 Å². The van der Waals surface area contributed by atoms with Gasteiger partial charge in [0.2, 0.25) is 0 Å². The minimum absolute atomic E-state index is 0.144. The van der Waals surface area contributed by atoms with Crippen molar-refractivity contribution >= 4 is 22.6 Å². The molecule has 0 amide bonds. The van der Waals surface area contributed by atoms with Crippen LogP contribution < -0.4 is 4.74 Å². The van der Waals surface area contributed by atoms with Crippen LogP contribution in [0, 0.1) is 0 Å². The molecular weight excluding hydrogens is 288 g/mol. The second-order valence-electron chi connectivity index (χ2n) is 4.70. The van der Waals surface area contributed by atoms with Crippen molar-refractivity contribution in [2.45, 2.75) is 13.5 Å². The fraction of sp³-hybridized carbons (Fsp3) is 0.188. The van der Waals surface area contributed by atoms with Gasteiger partial charge in [-0.15, -0.1) is 0 Å². The summed E-state index contributed by atoms with van der Waals surface area (Å²) in [5.74, 6) is 1.47. The summed E-state index contributed by atoms with van der Waals surface area (Å²) >= 11 is 6.07. The van der Waals surface area contributed by atoms with E-state index in [1.54, 1.807) is 19.2 Å². The molecule has 2 aromatic carbocycles. The summed E-state index contributed by atoms with van der Waals surface area (Å²) in [4.78, 5) is 4.61. The summed E-state index contributed by atoms with van der Waals surface area (Å²) in [6.07, 6.45) is 0. The molecule has 3 aromatic rings. The lowest BCUT2D eigenvalue weighted by molar-refractivity contribution is 0.408. The van der Waals surface area contributed by atoms with Gasteiger partial charge >= 0.3 is 0 Å². The van der Waals surface area contributed by atoms with Crippen molar-refractivity contribution in [3.63, 3.8) is 0 Å². The molecule has 1 aromatic heterocycles. The Kier molecular flexibility index (Phi) is 3.47. The molecule has 5 heteroatoms. The van der Waals surface area contributed by atoms with E-state index in [1.165, 1.54) is 0 Å². The van der Waals surface area contributed by atoms with Gasteiger partial charge in [0.25, 0.3) is 0 Å². The first-order chi connectivity index (χ1) is 10.1. The number of benzene rings is 2. The van der Waals surface area contributed by atoms with Crippen molar-refractivity contribution in [1.82, 2.24) is 9.55 Å². The number of hydrogen-bond donors (Lipinski definition) is 1. The SMILES string of the molecule is CCn1c(-c2ccc(OC)cc2O)nc2ccc(Cl)cc21. The van der Waals surface area contributed by atoms with Crippen LogP contribution in [-0.2, 0) is 6.54 Å². The summed E-state index contributed by atoms with van der Waals surface area (Å²) in [6, 6.07) is 10.8. The van der Waals surface area contributed by atoms with Gasteiger partial charge in [-0.1, -0.05) is 11.6 Å². The molecule has 0 atom stereocenters. The second-order valence-corrected chi connectivity index (χ2v) is 5.13. The highest BCUT2D eigenvalue weighted by Crippen LogP contribution is 2.34. The molecule has 0 radical (unpaired) electrons. The van der Waals surface area contributed by atoms with Crippen molar-refractivity contribution in [1.29, 1.82) is 0 Å². The van der Waals surface area contributed by atoms with E-state index >= 15 is 0 Å². The number of ether oxygens (including phenoxy) is 1. The highest BCUT2D eigenvalue weighted by Gasteiger charge is 2.15. The zero-order chi connectivity index (χ0) is 15.0. The number of halogens is 1. The monoisotopic (exact) mass is 302 g/mol. The van der Waals surface area contributed by atoms with E-state index in [4.69, 9.17) is 16.3 Å². The molecule has 0 saturated carbocycles. The molecule has 0 aliphatic heterocycles. The Labute approximate surface area is 127 Å². The molecule has 4 nitrogen and oxygen atoms in total. The minimum atomic E-state index is 0.144. The maximum atomic E-state index is 10.2. The van der Waals surface area contributed by atoms with Gasteiger partial charge in [-0.3, -0.25) is 0 Å². The normalized spacial score (nSPS) is 11.0. The van der Waals surface area contributed by atoms with E-state index < -0.39 is 0 Å². The highest BCUT2D eigenvalue weighted by molar-refractivity contribution is 6.31. The maximum Gasteiger partial charge on any atom is 0.144 e. The number of nitrogens with zero attached hydrogens (tertiary/aromatic N) is 2. The lowest BCUT2D eigenvalue weighted by atomic mass is 10.2. The first-order valence-electron chi connectivity index (χ1n) is 6.67. The lowest BCUT2D eigenvalue weighted by Gasteiger charge is -2.09. The summed E-state index contributed by atoms with van der Waals surface area (Å²) in [7, 11) is 1.57. The molecular formula is C16H15ClN2O2. The molecule has 0 spiro atoms. The molecule has 108 valence electrons. The highest BCUT2D eigenvalue weighted by atomic mass is 35.5. The summed E-state index contributed by atoms with van der Waals surface area (Å²) in [6.45, 7) is 2.77. The number of aromatic hydroxyl groups is 1. The zero-order valence-electron chi connectivity index (χ0n) is 11.8. The number of hydrogen-bond acceptors (Lipinski definition) is 3. The lowest BCUT2D eigenvalue weighted by Crippen LogP contribution is -1.97. The number of aromatic nitrogens is 2. The van der Waals surface area contributed by atoms with E-state index in [2.05, 4.69) is 4.98 Å². The summed E-state index contributed by atoms with van der Waals surface area (Å²) in [5, 5.41) is 10.9. The zero-order valence-corrected chi connectivity index (χ0v) is 12.6. The van der Waals surface area contributed by atoms with Gasteiger partial charge in [0.15, 0.2) is 0 Å². The standard InChI is InChI=1S/C16H15ClN2O2/c1-3-19-14-8-10(17)4-7-13(14)18-16(19)12-6-5-11(21-2)9-15(12)20/h4-9,20H,3H2,1-2H3. The Bertz CT molecular complexity index is 811. The van der Waals surface area contributed by atoms with Gasteiger partial charge in [-0.2, -0.15) is 0 Å². The van der Waals surface area contributed by atoms with E-state index in [9.17, 15) is 5.11 Å². The molecule has 0 bridgehead atoms. The van der Waals surface area contributed by atoms with Crippen molar-refractivity contribution in [2.24, 2.45) is 0 Å². The molecule has 0 aliphatic rings. The maximum absolute atomic E-state index is 10.2. The van der Waals surface area contributed by atoms with Gasteiger partial charge in [0.05, 0.1) is 23.7 Å². The third kappa shape index (κ3) is 2.32. The Hall–Kier alpha value is -2.20. The van der Waals surface area contributed by atoms with Crippen LogP contribution in [0.3, 0.4) is 0 Å². The van der Waals surface area contributed by atoms with Gasteiger partial charge in [0, 0.05) is 17.6 Å². The van der Waals surface area contributed by atoms with Crippen LogP contribution in [-0.4, -0.2) is 21.8 Å². The average Bonchev–Trinajstić information content (AvgIpc) is 2.84. The molecule has 0 unspecified atom stereocenters. The molecule has 0 saturated heterocycles. The average molecular weight is 303 g/mol. The Morgan fingerprint density at radius 1 is 1.24 bits per heavy atom. The molecule has 1 heterocycles. The Morgan fingerprint density at radius 2 is 2.05 bits per heavy atom. The van der Waals surface area contributed by atoms with Crippen molar-refractivity contribution in [3.05, 3.63) is 41.4 Å². The first-order valence-corrected chi connectivity index (χ1v) is 7.05.